The molecule has 1 aliphatic carbocycles. The number of nitrogens with zero attached hydrogens (tertiary/aromatic N) is 1. The number of carbonyl (C=O) groups excluding carboxylic acids is 1. The zero-order valence-corrected chi connectivity index (χ0v) is 11.4. The van der Waals surface area contributed by atoms with E-state index in [1.807, 2.05) is 12.1 Å². The molecule has 1 aliphatic heterocycles. The molecule has 0 atom stereocenters. The third-order valence-corrected chi connectivity index (χ3v) is 4.30. The number of amides is 1. The smallest absolute Gasteiger partial charge is 0.228 e. The molecule has 0 radical (unpaired) electrons. The minimum Gasteiger partial charge on any atom is -0.397 e. The molecule has 0 spiro atoms. The van der Waals surface area contributed by atoms with Gasteiger partial charge in [-0.15, -0.1) is 0 Å². The number of nitrogens with one attached hydrogen (secondary N) is 1. The summed E-state index contributed by atoms with van der Waals surface area (Å²) >= 11 is 0. The summed E-state index contributed by atoms with van der Waals surface area (Å²) in [4.78, 5) is 13.6. The molecule has 1 aromatic rings. The summed E-state index contributed by atoms with van der Waals surface area (Å²) in [6.07, 6.45) is 5.81. The van der Waals surface area contributed by atoms with Crippen molar-refractivity contribution in [1.29, 1.82) is 0 Å². The first-order valence-corrected chi connectivity index (χ1v) is 7.07. The summed E-state index contributed by atoms with van der Waals surface area (Å²) in [6, 6.07) is 3.96. The molecular weight excluding hydrogens is 238 g/mol. The summed E-state index contributed by atoms with van der Waals surface area (Å²) in [6.45, 7) is 1.05. The summed E-state index contributed by atoms with van der Waals surface area (Å²) in [5.74, 6) is 0.845. The van der Waals surface area contributed by atoms with E-state index < -0.39 is 0 Å². The molecule has 19 heavy (non-hydrogen) atoms. The molecule has 3 N–H and O–H groups in total. The molecule has 1 fully saturated rings. The van der Waals surface area contributed by atoms with Gasteiger partial charge in [0.1, 0.15) is 0 Å². The lowest BCUT2D eigenvalue weighted by Crippen LogP contribution is -2.24. The number of benzene rings is 1. The Morgan fingerprint density at radius 2 is 2.11 bits per heavy atom. The second-order valence-electron chi connectivity index (χ2n) is 5.82. The number of fused-ring (bicyclic) bond motifs is 1. The number of anilines is 3. The van der Waals surface area contributed by atoms with Crippen LogP contribution in [-0.4, -0.2) is 19.5 Å². The molecule has 1 aromatic carbocycles. The summed E-state index contributed by atoms with van der Waals surface area (Å²) in [7, 11) is 2.09. The van der Waals surface area contributed by atoms with Crippen molar-refractivity contribution >= 4 is 23.0 Å². The maximum atomic E-state index is 11.4. The van der Waals surface area contributed by atoms with Crippen LogP contribution >= 0.6 is 0 Å². The highest BCUT2D eigenvalue weighted by atomic mass is 16.1. The number of rotatable bonds is 3. The third-order valence-electron chi connectivity index (χ3n) is 4.30. The monoisotopic (exact) mass is 259 g/mol. The van der Waals surface area contributed by atoms with Crippen LogP contribution in [0.25, 0.3) is 0 Å². The molecule has 0 saturated heterocycles. The predicted molar refractivity (Wildman–Crippen MR) is 78.4 cm³/mol. The van der Waals surface area contributed by atoms with Crippen molar-refractivity contribution in [2.75, 3.05) is 29.5 Å². The average Bonchev–Trinajstić information content (AvgIpc) is 2.96. The van der Waals surface area contributed by atoms with E-state index >= 15 is 0 Å². The Balaban J connectivity index is 1.80. The number of nitrogen functional groups attached to an aromatic ring is 1. The van der Waals surface area contributed by atoms with Gasteiger partial charge in [-0.1, -0.05) is 12.8 Å². The first-order valence-electron chi connectivity index (χ1n) is 7.07. The van der Waals surface area contributed by atoms with Gasteiger partial charge in [-0.3, -0.25) is 4.79 Å². The quantitative estimate of drug-likeness (QED) is 0.819. The number of carbonyl (C=O) groups is 1. The van der Waals surface area contributed by atoms with Gasteiger partial charge in [0.15, 0.2) is 0 Å². The molecule has 0 bridgehead atoms. The highest BCUT2D eigenvalue weighted by Crippen LogP contribution is 2.34. The van der Waals surface area contributed by atoms with E-state index in [-0.39, 0.29) is 5.91 Å². The van der Waals surface area contributed by atoms with Gasteiger partial charge in [-0.2, -0.15) is 0 Å². The minimum absolute atomic E-state index is 0.0602. The summed E-state index contributed by atoms with van der Waals surface area (Å²) < 4.78 is 0. The zero-order chi connectivity index (χ0) is 13.4. The van der Waals surface area contributed by atoms with E-state index in [2.05, 4.69) is 17.3 Å². The van der Waals surface area contributed by atoms with Crippen molar-refractivity contribution in [3.63, 3.8) is 0 Å². The van der Waals surface area contributed by atoms with Crippen LogP contribution in [0.5, 0.6) is 0 Å². The number of hydrogen-bond acceptors (Lipinski definition) is 3. The lowest BCUT2D eigenvalue weighted by molar-refractivity contribution is -0.115. The van der Waals surface area contributed by atoms with Crippen molar-refractivity contribution in [1.82, 2.24) is 0 Å². The highest BCUT2D eigenvalue weighted by molar-refractivity contribution is 6.00. The summed E-state index contributed by atoms with van der Waals surface area (Å²) in [5, 5.41) is 2.89. The van der Waals surface area contributed by atoms with Gasteiger partial charge >= 0.3 is 0 Å². The molecule has 1 saturated carbocycles. The fraction of sp³-hybridized carbons (Fsp3) is 0.533. The Morgan fingerprint density at radius 3 is 2.84 bits per heavy atom. The van der Waals surface area contributed by atoms with E-state index in [1.165, 1.54) is 25.7 Å². The SMILES string of the molecule is CN(CC1CCCC1)c1cc2c(cc1N)CC(=O)N2. The van der Waals surface area contributed by atoms with Gasteiger partial charge in [0.25, 0.3) is 0 Å². The third kappa shape index (κ3) is 2.39. The van der Waals surface area contributed by atoms with Gasteiger partial charge in [0.2, 0.25) is 5.91 Å². The Morgan fingerprint density at radius 1 is 1.37 bits per heavy atom. The van der Waals surface area contributed by atoms with Crippen LogP contribution in [-0.2, 0) is 11.2 Å². The Bertz CT molecular complexity index is 506. The molecular formula is C15H21N3O. The van der Waals surface area contributed by atoms with Crippen LogP contribution in [0.2, 0.25) is 0 Å². The lowest BCUT2D eigenvalue weighted by atomic mass is 10.1. The van der Waals surface area contributed by atoms with Crippen LogP contribution in [0.3, 0.4) is 0 Å². The van der Waals surface area contributed by atoms with Gasteiger partial charge in [0, 0.05) is 19.3 Å². The fourth-order valence-electron chi connectivity index (χ4n) is 3.29. The molecule has 1 amide bonds. The van der Waals surface area contributed by atoms with Crippen LogP contribution in [0.4, 0.5) is 17.1 Å². The second kappa shape index (κ2) is 4.76. The van der Waals surface area contributed by atoms with Crippen LogP contribution in [0.1, 0.15) is 31.2 Å². The van der Waals surface area contributed by atoms with E-state index in [1.54, 1.807) is 0 Å². The van der Waals surface area contributed by atoms with Crippen molar-refractivity contribution in [3.05, 3.63) is 17.7 Å². The van der Waals surface area contributed by atoms with E-state index in [4.69, 9.17) is 5.73 Å². The first kappa shape index (κ1) is 12.3. The Labute approximate surface area is 114 Å². The summed E-state index contributed by atoms with van der Waals surface area (Å²) in [5.41, 5.74) is 9.88. The molecule has 2 aliphatic rings. The molecule has 102 valence electrons. The molecule has 3 rings (SSSR count). The maximum Gasteiger partial charge on any atom is 0.228 e. The van der Waals surface area contributed by atoms with Gasteiger partial charge in [-0.05, 0) is 36.5 Å². The topological polar surface area (TPSA) is 58.4 Å². The van der Waals surface area contributed by atoms with Crippen molar-refractivity contribution in [3.8, 4) is 0 Å². The normalized spacial score (nSPS) is 18.5. The highest BCUT2D eigenvalue weighted by Gasteiger charge is 2.22. The number of nitrogens with two attached hydrogens (primary N) is 1. The maximum absolute atomic E-state index is 11.4. The largest absolute Gasteiger partial charge is 0.397 e. The Kier molecular flexibility index (Phi) is 3.09. The van der Waals surface area contributed by atoms with Crippen molar-refractivity contribution in [2.45, 2.75) is 32.1 Å². The molecule has 0 aromatic heterocycles. The van der Waals surface area contributed by atoms with Crippen molar-refractivity contribution < 1.29 is 4.79 Å². The standard InChI is InChI=1S/C15H21N3O/c1-18(9-10-4-2-3-5-10)14-8-13-11(6-12(14)16)7-15(19)17-13/h6,8,10H,2-5,7,9,16H2,1H3,(H,17,19). The van der Waals surface area contributed by atoms with Gasteiger partial charge in [0.05, 0.1) is 17.8 Å². The van der Waals surface area contributed by atoms with Crippen LogP contribution in [0.15, 0.2) is 12.1 Å². The van der Waals surface area contributed by atoms with Crippen molar-refractivity contribution in [2.24, 2.45) is 5.92 Å². The Hall–Kier alpha value is -1.71. The van der Waals surface area contributed by atoms with E-state index in [9.17, 15) is 4.79 Å². The van der Waals surface area contributed by atoms with Gasteiger partial charge in [-0.25, -0.2) is 0 Å². The van der Waals surface area contributed by atoms with E-state index in [0.29, 0.717) is 6.42 Å². The van der Waals surface area contributed by atoms with E-state index in [0.717, 1.165) is 35.1 Å². The lowest BCUT2D eigenvalue weighted by Gasteiger charge is -2.25. The molecule has 0 unspecified atom stereocenters. The predicted octanol–water partition coefficient (Wildman–Crippen LogP) is 2.39. The molecule has 1 heterocycles. The van der Waals surface area contributed by atoms with Gasteiger partial charge < -0.3 is 16.0 Å². The first-order chi connectivity index (χ1) is 9.13. The average molecular weight is 259 g/mol. The zero-order valence-electron chi connectivity index (χ0n) is 11.4. The van der Waals surface area contributed by atoms with Crippen LogP contribution in [0, 0.1) is 5.92 Å². The molecule has 4 nitrogen and oxygen atoms in total. The number of hydrogen-bond donors (Lipinski definition) is 2. The minimum atomic E-state index is 0.0602. The van der Waals surface area contributed by atoms with Crippen LogP contribution < -0.4 is 16.0 Å². The molecule has 4 heteroatoms. The fourth-order valence-corrected chi connectivity index (χ4v) is 3.29. The second-order valence-corrected chi connectivity index (χ2v) is 5.82.